The molecule has 1 aromatic carbocycles. The summed E-state index contributed by atoms with van der Waals surface area (Å²) in [6, 6.07) is 10.4. The molecule has 3 heteroatoms. The second-order valence-electron chi connectivity index (χ2n) is 5.56. The highest BCUT2D eigenvalue weighted by Crippen LogP contribution is 2.20. The molecule has 1 N–H and O–H groups in total. The number of hydrogen-bond acceptors (Lipinski definition) is 3. The molecular weight excluding hydrogens is 246 g/mol. The van der Waals surface area contributed by atoms with Crippen LogP contribution in [0.5, 0.6) is 0 Å². The van der Waals surface area contributed by atoms with Crippen molar-refractivity contribution >= 4 is 16.6 Å². The van der Waals surface area contributed by atoms with Crippen LogP contribution in [0.3, 0.4) is 0 Å². The lowest BCUT2D eigenvalue weighted by molar-refractivity contribution is 0.296. The van der Waals surface area contributed by atoms with Crippen molar-refractivity contribution in [2.24, 2.45) is 0 Å². The first-order valence-electron chi connectivity index (χ1n) is 7.73. The molecule has 3 rings (SSSR count). The largest absolute Gasteiger partial charge is 0.383 e. The number of hydrogen-bond donors (Lipinski definition) is 1. The highest BCUT2D eigenvalue weighted by Gasteiger charge is 2.08. The Balaban J connectivity index is 1.59. The van der Waals surface area contributed by atoms with Gasteiger partial charge in [-0.2, -0.15) is 0 Å². The van der Waals surface area contributed by atoms with Crippen LogP contribution < -0.4 is 5.32 Å². The second kappa shape index (κ2) is 6.71. The number of benzene rings is 1. The fraction of sp³-hybridized carbons (Fsp3) is 0.471. The summed E-state index contributed by atoms with van der Waals surface area (Å²) in [6.07, 6.45) is 7.41. The third kappa shape index (κ3) is 3.28. The molecule has 2 heterocycles. The summed E-state index contributed by atoms with van der Waals surface area (Å²) in [5, 5.41) is 4.79. The van der Waals surface area contributed by atoms with Crippen molar-refractivity contribution in [2.45, 2.75) is 25.7 Å². The average Bonchev–Trinajstić information content (AvgIpc) is 2.76. The summed E-state index contributed by atoms with van der Waals surface area (Å²) in [6.45, 7) is 4.67. The van der Waals surface area contributed by atoms with Crippen molar-refractivity contribution < 1.29 is 0 Å². The Morgan fingerprint density at radius 2 is 1.80 bits per heavy atom. The lowest BCUT2D eigenvalue weighted by atomic mass is 10.2. The predicted octanol–water partition coefficient (Wildman–Crippen LogP) is 3.52. The van der Waals surface area contributed by atoms with Gasteiger partial charge in [-0.25, -0.2) is 0 Å². The molecule has 2 aromatic rings. The zero-order valence-electron chi connectivity index (χ0n) is 12.0. The van der Waals surface area contributed by atoms with Gasteiger partial charge in [0.15, 0.2) is 0 Å². The Morgan fingerprint density at radius 3 is 2.65 bits per heavy atom. The van der Waals surface area contributed by atoms with Crippen LogP contribution in [0.25, 0.3) is 10.9 Å². The SMILES string of the molecule is c1ccc2c(NCCN3CCCCCC3)ccnc2c1. The van der Waals surface area contributed by atoms with Gasteiger partial charge in [0, 0.05) is 30.4 Å². The molecule has 0 unspecified atom stereocenters. The lowest BCUT2D eigenvalue weighted by Gasteiger charge is -2.20. The molecule has 3 nitrogen and oxygen atoms in total. The molecular formula is C17H23N3. The number of anilines is 1. The standard InChI is InChI=1S/C17H23N3/c1-2-6-13-20(12-5-1)14-11-19-17-9-10-18-16-8-4-3-7-15(16)17/h3-4,7-10H,1-2,5-6,11-14H2,(H,18,19). The molecule has 0 bridgehead atoms. The minimum atomic E-state index is 1.01. The molecule has 1 aromatic heterocycles. The van der Waals surface area contributed by atoms with Gasteiger partial charge in [-0.15, -0.1) is 0 Å². The van der Waals surface area contributed by atoms with E-state index in [1.54, 1.807) is 0 Å². The Hall–Kier alpha value is -1.61. The van der Waals surface area contributed by atoms with Crippen LogP contribution in [0.15, 0.2) is 36.5 Å². The minimum absolute atomic E-state index is 1.01. The van der Waals surface area contributed by atoms with Gasteiger partial charge in [-0.1, -0.05) is 31.0 Å². The van der Waals surface area contributed by atoms with E-state index in [0.29, 0.717) is 0 Å². The van der Waals surface area contributed by atoms with E-state index in [9.17, 15) is 0 Å². The molecule has 0 aliphatic carbocycles. The summed E-state index contributed by atoms with van der Waals surface area (Å²) in [4.78, 5) is 6.99. The van der Waals surface area contributed by atoms with Crippen LogP contribution in [0.1, 0.15) is 25.7 Å². The first kappa shape index (κ1) is 13.4. The zero-order chi connectivity index (χ0) is 13.6. The molecule has 0 radical (unpaired) electrons. The number of nitrogens with zero attached hydrogens (tertiary/aromatic N) is 2. The number of para-hydroxylation sites is 1. The number of likely N-dealkylation sites (tertiary alicyclic amines) is 1. The van der Waals surface area contributed by atoms with Gasteiger partial charge < -0.3 is 10.2 Å². The maximum Gasteiger partial charge on any atom is 0.0722 e. The van der Waals surface area contributed by atoms with Crippen molar-refractivity contribution in [1.29, 1.82) is 0 Å². The first-order chi connectivity index (χ1) is 9.93. The molecule has 0 saturated carbocycles. The van der Waals surface area contributed by atoms with Crippen LogP contribution in [0.4, 0.5) is 5.69 Å². The van der Waals surface area contributed by atoms with Gasteiger partial charge in [0.2, 0.25) is 0 Å². The Bertz CT molecular complexity index is 539. The molecule has 0 atom stereocenters. The molecule has 0 spiro atoms. The van der Waals surface area contributed by atoms with Crippen molar-refractivity contribution in [3.05, 3.63) is 36.5 Å². The number of nitrogens with one attached hydrogen (secondary N) is 1. The second-order valence-corrected chi connectivity index (χ2v) is 5.56. The van der Waals surface area contributed by atoms with Gasteiger partial charge in [-0.05, 0) is 38.1 Å². The van der Waals surface area contributed by atoms with E-state index < -0.39 is 0 Å². The topological polar surface area (TPSA) is 28.2 Å². The predicted molar refractivity (Wildman–Crippen MR) is 85.1 cm³/mol. The molecule has 1 fully saturated rings. The third-order valence-electron chi connectivity index (χ3n) is 4.09. The van der Waals surface area contributed by atoms with Crippen LogP contribution >= 0.6 is 0 Å². The average molecular weight is 269 g/mol. The summed E-state index contributed by atoms with van der Waals surface area (Å²) in [5.74, 6) is 0. The fourth-order valence-corrected chi connectivity index (χ4v) is 2.96. The Morgan fingerprint density at radius 1 is 1.00 bits per heavy atom. The summed E-state index contributed by atoms with van der Waals surface area (Å²) in [5.41, 5.74) is 2.26. The molecule has 0 amide bonds. The molecule has 1 aliphatic rings. The van der Waals surface area contributed by atoms with Crippen LogP contribution in [0.2, 0.25) is 0 Å². The van der Waals surface area contributed by atoms with E-state index >= 15 is 0 Å². The number of fused-ring (bicyclic) bond motifs is 1. The van der Waals surface area contributed by atoms with E-state index in [4.69, 9.17) is 0 Å². The highest BCUT2D eigenvalue weighted by molar-refractivity contribution is 5.90. The van der Waals surface area contributed by atoms with E-state index in [1.807, 2.05) is 12.3 Å². The quantitative estimate of drug-likeness (QED) is 0.920. The summed E-state index contributed by atoms with van der Waals surface area (Å²) in [7, 11) is 0. The molecule has 106 valence electrons. The number of pyridine rings is 1. The van der Waals surface area contributed by atoms with E-state index in [2.05, 4.69) is 39.5 Å². The first-order valence-corrected chi connectivity index (χ1v) is 7.73. The minimum Gasteiger partial charge on any atom is -0.383 e. The van der Waals surface area contributed by atoms with Gasteiger partial charge in [0.1, 0.15) is 0 Å². The van der Waals surface area contributed by atoms with E-state index in [-0.39, 0.29) is 0 Å². The lowest BCUT2D eigenvalue weighted by Crippen LogP contribution is -2.30. The molecule has 1 aliphatic heterocycles. The van der Waals surface area contributed by atoms with Crippen molar-refractivity contribution in [2.75, 3.05) is 31.5 Å². The Kier molecular flexibility index (Phi) is 4.49. The van der Waals surface area contributed by atoms with E-state index in [0.717, 1.165) is 18.6 Å². The van der Waals surface area contributed by atoms with Crippen molar-refractivity contribution in [3.63, 3.8) is 0 Å². The smallest absolute Gasteiger partial charge is 0.0722 e. The third-order valence-corrected chi connectivity index (χ3v) is 4.09. The summed E-state index contributed by atoms with van der Waals surface area (Å²) >= 11 is 0. The van der Waals surface area contributed by atoms with E-state index in [1.165, 1.54) is 49.8 Å². The van der Waals surface area contributed by atoms with Gasteiger partial charge in [-0.3, -0.25) is 4.98 Å². The van der Waals surface area contributed by atoms with Crippen LogP contribution in [0, 0.1) is 0 Å². The monoisotopic (exact) mass is 269 g/mol. The fourth-order valence-electron chi connectivity index (χ4n) is 2.96. The highest BCUT2D eigenvalue weighted by atomic mass is 15.1. The van der Waals surface area contributed by atoms with Crippen LogP contribution in [-0.4, -0.2) is 36.1 Å². The van der Waals surface area contributed by atoms with Crippen LogP contribution in [-0.2, 0) is 0 Å². The molecule has 20 heavy (non-hydrogen) atoms. The van der Waals surface area contributed by atoms with Crippen molar-refractivity contribution in [3.8, 4) is 0 Å². The number of aromatic nitrogens is 1. The molecule has 1 saturated heterocycles. The van der Waals surface area contributed by atoms with Crippen molar-refractivity contribution in [1.82, 2.24) is 9.88 Å². The summed E-state index contributed by atoms with van der Waals surface area (Å²) < 4.78 is 0. The van der Waals surface area contributed by atoms with Gasteiger partial charge in [0.25, 0.3) is 0 Å². The number of rotatable bonds is 4. The maximum atomic E-state index is 4.40. The normalized spacial score (nSPS) is 17.0. The Labute approximate surface area is 121 Å². The zero-order valence-corrected chi connectivity index (χ0v) is 12.0. The van der Waals surface area contributed by atoms with Gasteiger partial charge >= 0.3 is 0 Å². The van der Waals surface area contributed by atoms with Gasteiger partial charge in [0.05, 0.1) is 5.52 Å². The maximum absolute atomic E-state index is 4.40.